The minimum Gasteiger partial charge on any atom is -0.487 e. The molecule has 0 aromatic heterocycles. The summed E-state index contributed by atoms with van der Waals surface area (Å²) in [6.07, 6.45) is 4.89. The maximum absolute atomic E-state index is 13.1. The molecule has 2 fully saturated rings. The van der Waals surface area contributed by atoms with Crippen molar-refractivity contribution in [2.45, 2.75) is 50.5 Å². The highest BCUT2D eigenvalue weighted by molar-refractivity contribution is 6.04. The third kappa shape index (κ3) is 4.51. The van der Waals surface area contributed by atoms with Crippen molar-refractivity contribution >= 4 is 23.8 Å². The number of carbonyl (C=O) groups excluding carboxylic acids is 2. The normalized spacial score (nSPS) is 24.3. The van der Waals surface area contributed by atoms with Crippen LogP contribution in [-0.2, 0) is 4.74 Å². The number of para-hydroxylation sites is 2. The summed E-state index contributed by atoms with van der Waals surface area (Å²) in [5.41, 5.74) is 8.59. The Balaban J connectivity index is 1.30. The molecule has 1 spiro atoms. The Morgan fingerprint density at radius 1 is 1.20 bits per heavy atom. The highest BCUT2D eigenvalue weighted by atomic mass is 16.6. The highest BCUT2D eigenvalue weighted by Crippen LogP contribution is 2.58. The van der Waals surface area contributed by atoms with Crippen LogP contribution in [0.15, 0.2) is 42.5 Å². The number of nitrogen functional groups attached to an aromatic ring is 1. The number of benzene rings is 2. The van der Waals surface area contributed by atoms with Crippen LogP contribution in [-0.4, -0.2) is 48.3 Å². The average Bonchev–Trinajstić information content (AvgIpc) is 3.63. The zero-order chi connectivity index (χ0) is 24.6. The zero-order valence-electron chi connectivity index (χ0n) is 20.2. The van der Waals surface area contributed by atoms with Crippen LogP contribution in [0.4, 0.5) is 10.5 Å². The van der Waals surface area contributed by atoms with Crippen molar-refractivity contribution in [2.24, 2.45) is 11.8 Å². The Bertz CT molecular complexity index is 1140. The van der Waals surface area contributed by atoms with E-state index in [9.17, 15) is 9.59 Å². The fraction of sp³-hybridized carbons (Fsp3) is 0.464. The molecule has 3 aliphatic rings. The van der Waals surface area contributed by atoms with Gasteiger partial charge in [-0.05, 0) is 55.2 Å². The average molecular weight is 476 g/mol. The number of likely N-dealkylation sites (tertiary alicyclic amines) is 1. The van der Waals surface area contributed by atoms with Crippen LogP contribution < -0.4 is 10.5 Å². The van der Waals surface area contributed by atoms with Gasteiger partial charge in [0, 0.05) is 49.7 Å². The van der Waals surface area contributed by atoms with Gasteiger partial charge in [-0.2, -0.15) is 0 Å². The maximum atomic E-state index is 13.1. The molecule has 2 aliphatic heterocycles. The van der Waals surface area contributed by atoms with E-state index in [2.05, 4.69) is 12.1 Å². The molecule has 2 aromatic rings. The zero-order valence-corrected chi connectivity index (χ0v) is 20.2. The van der Waals surface area contributed by atoms with E-state index >= 15 is 0 Å². The fourth-order valence-electron chi connectivity index (χ4n) is 5.96. The predicted octanol–water partition coefficient (Wildman–Crippen LogP) is 5.03. The molecule has 2 unspecified atom stereocenters. The number of ketones is 1. The summed E-state index contributed by atoms with van der Waals surface area (Å²) in [4.78, 5) is 27.0. The van der Waals surface area contributed by atoms with Crippen molar-refractivity contribution in [1.82, 2.24) is 4.90 Å². The number of hydrogen-bond acceptors (Lipinski definition) is 6. The Labute approximate surface area is 206 Å². The third-order valence-electron chi connectivity index (χ3n) is 7.98. The van der Waals surface area contributed by atoms with Gasteiger partial charge in [0.15, 0.2) is 5.78 Å². The molecule has 7 heteroatoms. The minimum absolute atomic E-state index is 0.0523. The lowest BCUT2D eigenvalue weighted by molar-refractivity contribution is -0.0234. The molecule has 35 heavy (non-hydrogen) atoms. The molecular formula is C28H33N3O4. The lowest BCUT2D eigenvalue weighted by Crippen LogP contribution is -2.52. The van der Waals surface area contributed by atoms with Gasteiger partial charge in [-0.3, -0.25) is 4.79 Å². The number of nitrogens with zero attached hydrogens (tertiary/aromatic N) is 1. The van der Waals surface area contributed by atoms with Crippen LogP contribution in [0.25, 0.3) is 0 Å². The van der Waals surface area contributed by atoms with Crippen molar-refractivity contribution < 1.29 is 19.1 Å². The van der Waals surface area contributed by atoms with E-state index in [1.54, 1.807) is 23.1 Å². The number of piperidine rings is 1. The molecule has 184 valence electrons. The standard InChI is InChI=1S/C28H33N3O4/c1-2-34-27(33)31-12-10-28(11-13-31)16-23(20-7-3-4-9-25(20)35-28)22-14-19(22)15-24(32)21-8-5-6-18(17-29)26(21)30/h3-9,17,19,22-23,29H,2,10-16,30H2,1H3/t19?,22?,23-/m0/s1. The summed E-state index contributed by atoms with van der Waals surface area (Å²) in [6, 6.07) is 13.6. The largest absolute Gasteiger partial charge is 0.487 e. The summed E-state index contributed by atoms with van der Waals surface area (Å²) >= 11 is 0. The smallest absolute Gasteiger partial charge is 0.409 e. The van der Waals surface area contributed by atoms with Gasteiger partial charge >= 0.3 is 6.09 Å². The third-order valence-corrected chi connectivity index (χ3v) is 7.98. The minimum atomic E-state index is -0.290. The molecule has 3 atom stereocenters. The van der Waals surface area contributed by atoms with Gasteiger partial charge < -0.3 is 25.5 Å². The van der Waals surface area contributed by atoms with Gasteiger partial charge in [0.1, 0.15) is 11.4 Å². The predicted molar refractivity (Wildman–Crippen MR) is 134 cm³/mol. The van der Waals surface area contributed by atoms with Crippen LogP contribution in [0.5, 0.6) is 5.75 Å². The molecule has 3 N–H and O–H groups in total. The lowest BCUT2D eigenvalue weighted by Gasteiger charge is -2.47. The fourth-order valence-corrected chi connectivity index (χ4v) is 5.96. The number of ether oxygens (including phenoxy) is 2. The molecule has 1 amide bonds. The van der Waals surface area contributed by atoms with Gasteiger partial charge in [0.25, 0.3) is 0 Å². The first-order chi connectivity index (χ1) is 16.9. The topological polar surface area (TPSA) is 106 Å². The number of nitrogens with one attached hydrogen (secondary N) is 1. The first-order valence-corrected chi connectivity index (χ1v) is 12.6. The maximum Gasteiger partial charge on any atom is 0.409 e. The van der Waals surface area contributed by atoms with Crippen LogP contribution in [0, 0.1) is 17.2 Å². The summed E-state index contributed by atoms with van der Waals surface area (Å²) in [5.74, 6) is 2.07. The van der Waals surface area contributed by atoms with Gasteiger partial charge in [-0.15, -0.1) is 0 Å². The second-order valence-corrected chi connectivity index (χ2v) is 10.1. The van der Waals surface area contributed by atoms with Crippen molar-refractivity contribution in [3.63, 3.8) is 0 Å². The van der Waals surface area contributed by atoms with Crippen LogP contribution in [0.2, 0.25) is 0 Å². The van der Waals surface area contributed by atoms with E-state index in [-0.39, 0.29) is 17.5 Å². The number of hydrogen-bond donors (Lipinski definition) is 2. The summed E-state index contributed by atoms with van der Waals surface area (Å²) < 4.78 is 11.8. The van der Waals surface area contributed by atoms with Gasteiger partial charge in [0.05, 0.1) is 12.3 Å². The van der Waals surface area contributed by atoms with Crippen molar-refractivity contribution in [1.29, 1.82) is 5.41 Å². The number of fused-ring (bicyclic) bond motifs is 1. The molecule has 0 bridgehead atoms. The molecule has 2 heterocycles. The van der Waals surface area contributed by atoms with E-state index in [1.807, 2.05) is 19.1 Å². The van der Waals surface area contributed by atoms with Gasteiger partial charge in [-0.25, -0.2) is 4.79 Å². The summed E-state index contributed by atoms with van der Waals surface area (Å²) in [5, 5.41) is 7.51. The van der Waals surface area contributed by atoms with Crippen molar-refractivity contribution in [3.8, 4) is 5.75 Å². The number of anilines is 1. The van der Waals surface area contributed by atoms with E-state index in [0.717, 1.165) is 31.4 Å². The van der Waals surface area contributed by atoms with E-state index in [1.165, 1.54) is 11.8 Å². The van der Waals surface area contributed by atoms with E-state index in [4.69, 9.17) is 20.6 Å². The van der Waals surface area contributed by atoms with Gasteiger partial charge in [0.2, 0.25) is 0 Å². The molecule has 7 nitrogen and oxygen atoms in total. The second kappa shape index (κ2) is 9.36. The Hall–Kier alpha value is -3.35. The second-order valence-electron chi connectivity index (χ2n) is 10.1. The van der Waals surface area contributed by atoms with Crippen molar-refractivity contribution in [3.05, 3.63) is 59.2 Å². The van der Waals surface area contributed by atoms with Crippen LogP contribution >= 0.6 is 0 Å². The Morgan fingerprint density at radius 3 is 2.71 bits per heavy atom. The first-order valence-electron chi connectivity index (χ1n) is 12.6. The first kappa shape index (κ1) is 23.4. The molecule has 2 aromatic carbocycles. The molecule has 1 saturated heterocycles. The Morgan fingerprint density at radius 2 is 1.97 bits per heavy atom. The lowest BCUT2D eigenvalue weighted by atomic mass is 9.75. The number of nitrogens with two attached hydrogens (primary N) is 1. The van der Waals surface area contributed by atoms with Crippen molar-refractivity contribution in [2.75, 3.05) is 25.4 Å². The molecule has 5 rings (SSSR count). The van der Waals surface area contributed by atoms with Crippen LogP contribution in [0.3, 0.4) is 0 Å². The molecule has 1 aliphatic carbocycles. The molecule has 0 radical (unpaired) electrons. The highest BCUT2D eigenvalue weighted by Gasteiger charge is 2.52. The molecular weight excluding hydrogens is 442 g/mol. The van der Waals surface area contributed by atoms with Gasteiger partial charge in [-0.1, -0.05) is 30.3 Å². The van der Waals surface area contributed by atoms with E-state index < -0.39 is 0 Å². The molecule has 1 saturated carbocycles. The van der Waals surface area contributed by atoms with E-state index in [0.29, 0.717) is 60.7 Å². The quantitative estimate of drug-likeness (QED) is 0.346. The number of carbonyl (C=O) groups is 2. The van der Waals surface area contributed by atoms with Crippen LogP contribution in [0.1, 0.15) is 66.4 Å². The monoisotopic (exact) mass is 475 g/mol. The number of rotatable bonds is 6. The number of Topliss-reactive ketones (excluding diaryl/α,β-unsaturated/α-hetero) is 1. The number of amides is 1. The summed E-state index contributed by atoms with van der Waals surface area (Å²) in [7, 11) is 0. The Kier molecular flexibility index (Phi) is 6.26. The summed E-state index contributed by atoms with van der Waals surface area (Å²) in [6.45, 7) is 3.46. The SMILES string of the molecule is CCOC(=O)N1CCC2(CC1)C[C@H](C1CC1CC(=O)c1cccc(C=N)c1N)c1ccccc1O2.